The van der Waals surface area contributed by atoms with E-state index in [0.717, 1.165) is 35.3 Å². The molecule has 30 heavy (non-hydrogen) atoms. The van der Waals surface area contributed by atoms with Crippen LogP contribution in [0.3, 0.4) is 0 Å². The summed E-state index contributed by atoms with van der Waals surface area (Å²) in [6.07, 6.45) is 4.10. The number of nitrogens with one attached hydrogen (secondary N) is 2. The summed E-state index contributed by atoms with van der Waals surface area (Å²) in [5, 5.41) is 7.12. The summed E-state index contributed by atoms with van der Waals surface area (Å²) < 4.78 is 0. The highest BCUT2D eigenvalue weighted by atomic mass is 16.2. The van der Waals surface area contributed by atoms with E-state index in [-0.39, 0.29) is 12.5 Å². The van der Waals surface area contributed by atoms with Gasteiger partial charge in [-0.15, -0.1) is 0 Å². The molecule has 2 fully saturated rings. The van der Waals surface area contributed by atoms with Gasteiger partial charge in [-0.05, 0) is 12.8 Å². The number of carbonyl (C=O) groups excluding carboxylic acids is 3. The van der Waals surface area contributed by atoms with Gasteiger partial charge < -0.3 is 5.32 Å². The Kier molecular flexibility index (Phi) is 5.61. The molecular formula is C23H24N4O3. The van der Waals surface area contributed by atoms with Gasteiger partial charge in [-0.25, -0.2) is 10.2 Å². The van der Waals surface area contributed by atoms with Crippen LogP contribution in [0.4, 0.5) is 4.79 Å². The van der Waals surface area contributed by atoms with Crippen LogP contribution in [0.25, 0.3) is 0 Å². The molecule has 0 aromatic heterocycles. The molecule has 0 bridgehead atoms. The molecule has 1 saturated carbocycles. The first kappa shape index (κ1) is 19.8. The molecular weight excluding hydrogens is 380 g/mol. The van der Waals surface area contributed by atoms with E-state index in [9.17, 15) is 14.4 Å². The Morgan fingerprint density at radius 2 is 1.50 bits per heavy atom. The molecule has 1 saturated heterocycles. The zero-order valence-electron chi connectivity index (χ0n) is 16.6. The molecule has 7 heteroatoms. The van der Waals surface area contributed by atoms with Crippen molar-refractivity contribution in [1.29, 1.82) is 0 Å². The minimum atomic E-state index is -0.835. The Labute approximate surface area is 175 Å². The van der Waals surface area contributed by atoms with Crippen LogP contribution < -0.4 is 10.7 Å². The Morgan fingerprint density at radius 1 is 0.933 bits per heavy atom. The van der Waals surface area contributed by atoms with E-state index in [2.05, 4.69) is 15.8 Å². The fourth-order valence-electron chi connectivity index (χ4n) is 4.10. The number of hydrogen-bond acceptors (Lipinski definition) is 4. The van der Waals surface area contributed by atoms with Crippen molar-refractivity contribution in [3.05, 3.63) is 71.8 Å². The van der Waals surface area contributed by atoms with Crippen LogP contribution in [0.2, 0.25) is 0 Å². The van der Waals surface area contributed by atoms with Crippen molar-refractivity contribution in [2.75, 3.05) is 6.54 Å². The summed E-state index contributed by atoms with van der Waals surface area (Å²) in [5.41, 5.74) is 3.98. The standard InChI is InChI=1S/C23H24N4O3/c28-19(16-27-21(29)23(24-22(27)30)14-8-3-9-15-23)25-26-20(17-10-4-1-5-11-17)18-12-6-2-7-13-18/h1-2,4-7,10-13H,3,8-9,14-16H2,(H,24,30)(H,25,28). The average Bonchev–Trinajstić information content (AvgIpc) is 2.99. The lowest BCUT2D eigenvalue weighted by atomic mass is 9.82. The predicted molar refractivity (Wildman–Crippen MR) is 113 cm³/mol. The van der Waals surface area contributed by atoms with E-state index >= 15 is 0 Å². The zero-order chi connectivity index (χ0) is 21.0. The maximum Gasteiger partial charge on any atom is 0.325 e. The first-order valence-electron chi connectivity index (χ1n) is 10.2. The maximum atomic E-state index is 12.8. The van der Waals surface area contributed by atoms with Gasteiger partial charge in [-0.2, -0.15) is 5.10 Å². The van der Waals surface area contributed by atoms with Crippen molar-refractivity contribution in [2.24, 2.45) is 5.10 Å². The molecule has 4 amide bonds. The van der Waals surface area contributed by atoms with E-state index in [4.69, 9.17) is 0 Å². The van der Waals surface area contributed by atoms with Gasteiger partial charge in [0.1, 0.15) is 12.1 Å². The molecule has 2 aromatic carbocycles. The third-order valence-electron chi connectivity index (χ3n) is 5.64. The average molecular weight is 404 g/mol. The summed E-state index contributed by atoms with van der Waals surface area (Å²) in [6.45, 7) is -0.354. The molecule has 154 valence electrons. The number of hydrogen-bond donors (Lipinski definition) is 2. The zero-order valence-corrected chi connectivity index (χ0v) is 16.6. The first-order valence-corrected chi connectivity index (χ1v) is 10.2. The SMILES string of the molecule is O=C(CN1C(=O)NC2(CCCCC2)C1=O)NN=C(c1ccccc1)c1ccccc1. The summed E-state index contributed by atoms with van der Waals surface area (Å²) in [4.78, 5) is 38.7. The highest BCUT2D eigenvalue weighted by Gasteiger charge is 2.51. The van der Waals surface area contributed by atoms with Gasteiger partial charge in [0.05, 0.1) is 5.71 Å². The molecule has 0 atom stereocenters. The van der Waals surface area contributed by atoms with E-state index in [1.54, 1.807) is 0 Å². The van der Waals surface area contributed by atoms with E-state index in [0.29, 0.717) is 18.6 Å². The van der Waals surface area contributed by atoms with Crippen molar-refractivity contribution in [3.63, 3.8) is 0 Å². The molecule has 1 heterocycles. The van der Waals surface area contributed by atoms with Gasteiger partial charge in [0, 0.05) is 11.1 Å². The fourth-order valence-corrected chi connectivity index (χ4v) is 4.10. The summed E-state index contributed by atoms with van der Waals surface area (Å²) >= 11 is 0. The number of imide groups is 1. The topological polar surface area (TPSA) is 90.9 Å². The van der Waals surface area contributed by atoms with Crippen LogP contribution >= 0.6 is 0 Å². The van der Waals surface area contributed by atoms with Crippen LogP contribution in [0.5, 0.6) is 0 Å². The van der Waals surface area contributed by atoms with Crippen LogP contribution in [0.15, 0.2) is 65.8 Å². The van der Waals surface area contributed by atoms with Crippen molar-refractivity contribution >= 4 is 23.6 Å². The Morgan fingerprint density at radius 3 is 2.07 bits per heavy atom. The molecule has 0 unspecified atom stereocenters. The quantitative estimate of drug-likeness (QED) is 0.456. The lowest BCUT2D eigenvalue weighted by Gasteiger charge is -2.30. The van der Waals surface area contributed by atoms with Crippen LogP contribution in [-0.2, 0) is 9.59 Å². The Hall–Kier alpha value is -3.48. The predicted octanol–water partition coefficient (Wildman–Crippen LogP) is 2.81. The molecule has 1 aliphatic carbocycles. The third kappa shape index (κ3) is 3.96. The van der Waals surface area contributed by atoms with Gasteiger partial charge in [-0.1, -0.05) is 79.9 Å². The number of rotatable bonds is 5. The molecule has 2 N–H and O–H groups in total. The largest absolute Gasteiger partial charge is 0.325 e. The lowest BCUT2D eigenvalue weighted by molar-refractivity contribution is -0.135. The second-order valence-corrected chi connectivity index (χ2v) is 7.69. The van der Waals surface area contributed by atoms with Crippen molar-refractivity contribution in [2.45, 2.75) is 37.6 Å². The third-order valence-corrected chi connectivity index (χ3v) is 5.64. The van der Waals surface area contributed by atoms with Gasteiger partial charge in [0.25, 0.3) is 11.8 Å². The lowest BCUT2D eigenvalue weighted by Crippen LogP contribution is -2.48. The Bertz CT molecular complexity index is 925. The van der Waals surface area contributed by atoms with E-state index in [1.807, 2.05) is 60.7 Å². The van der Waals surface area contributed by atoms with E-state index in [1.165, 1.54) is 0 Å². The van der Waals surface area contributed by atoms with Crippen LogP contribution in [0.1, 0.15) is 43.2 Å². The molecule has 1 aliphatic heterocycles. The number of urea groups is 1. The Balaban J connectivity index is 1.49. The smallest absolute Gasteiger partial charge is 0.323 e. The number of benzene rings is 2. The van der Waals surface area contributed by atoms with E-state index < -0.39 is 17.5 Å². The number of nitrogens with zero attached hydrogens (tertiary/aromatic N) is 2. The number of carbonyl (C=O) groups is 3. The second kappa shape index (κ2) is 8.49. The first-order chi connectivity index (χ1) is 14.6. The monoisotopic (exact) mass is 404 g/mol. The minimum absolute atomic E-state index is 0.308. The molecule has 7 nitrogen and oxygen atoms in total. The van der Waals surface area contributed by atoms with Gasteiger partial charge >= 0.3 is 6.03 Å². The maximum absolute atomic E-state index is 12.8. The highest BCUT2D eigenvalue weighted by molar-refractivity contribution is 6.13. The van der Waals surface area contributed by atoms with Crippen molar-refractivity contribution in [3.8, 4) is 0 Å². The summed E-state index contributed by atoms with van der Waals surface area (Å²) in [7, 11) is 0. The summed E-state index contributed by atoms with van der Waals surface area (Å²) in [6, 6.07) is 18.5. The molecule has 1 spiro atoms. The summed E-state index contributed by atoms with van der Waals surface area (Å²) in [5.74, 6) is -0.826. The second-order valence-electron chi connectivity index (χ2n) is 7.69. The van der Waals surface area contributed by atoms with Gasteiger partial charge in [0.2, 0.25) is 0 Å². The van der Waals surface area contributed by atoms with Crippen LogP contribution in [-0.4, -0.2) is 40.5 Å². The fraction of sp³-hybridized carbons (Fsp3) is 0.304. The number of hydrazone groups is 1. The molecule has 0 radical (unpaired) electrons. The molecule has 4 rings (SSSR count). The van der Waals surface area contributed by atoms with Gasteiger partial charge in [0.15, 0.2) is 0 Å². The minimum Gasteiger partial charge on any atom is -0.323 e. The van der Waals surface area contributed by atoms with Gasteiger partial charge in [-0.3, -0.25) is 14.5 Å². The molecule has 2 aromatic rings. The normalized spacial score (nSPS) is 17.5. The highest BCUT2D eigenvalue weighted by Crippen LogP contribution is 2.33. The van der Waals surface area contributed by atoms with Crippen LogP contribution in [0, 0.1) is 0 Å². The van der Waals surface area contributed by atoms with Crippen molar-refractivity contribution < 1.29 is 14.4 Å². The molecule has 2 aliphatic rings. The van der Waals surface area contributed by atoms with Crippen molar-refractivity contribution in [1.82, 2.24) is 15.6 Å². The number of amides is 4.